The molecule has 0 amide bonds. The highest BCUT2D eigenvalue weighted by molar-refractivity contribution is 7.91. The number of hydrogen-bond donors (Lipinski definition) is 1. The summed E-state index contributed by atoms with van der Waals surface area (Å²) in [6.45, 7) is 1.80. The summed E-state index contributed by atoms with van der Waals surface area (Å²) in [7, 11) is -2.88. The van der Waals surface area contributed by atoms with E-state index in [1.165, 1.54) is 6.33 Å². The number of hydrogen-bond acceptors (Lipinski definition) is 5. The molecule has 1 aliphatic rings. The zero-order chi connectivity index (χ0) is 11.8. The summed E-state index contributed by atoms with van der Waals surface area (Å²) in [5, 5.41) is 3.48. The smallest absolute Gasteiger partial charge is 0.152 e. The number of rotatable bonds is 2. The second-order valence-electron chi connectivity index (χ2n) is 3.88. The second kappa shape index (κ2) is 4.18. The Morgan fingerprint density at radius 1 is 1.50 bits per heavy atom. The molecule has 1 N–H and O–H groups in total. The Bertz CT molecular complexity index is 503. The zero-order valence-electron chi connectivity index (χ0n) is 8.77. The first-order valence-electron chi connectivity index (χ1n) is 4.92. The number of anilines is 1. The minimum Gasteiger partial charge on any atom is -0.366 e. The first-order valence-corrected chi connectivity index (χ1v) is 7.12. The number of halogens is 1. The standard InChI is InChI=1S/C9H12ClN3O2S/c1-6-8(10)11-5-12-9(6)13-7-2-3-16(14,15)4-7/h5,7H,2-4H2,1H3,(H,11,12,13). The first-order chi connectivity index (χ1) is 7.48. The Labute approximate surface area is 99.2 Å². The van der Waals surface area contributed by atoms with E-state index in [0.29, 0.717) is 17.4 Å². The Morgan fingerprint density at radius 3 is 2.88 bits per heavy atom. The third kappa shape index (κ3) is 2.44. The summed E-state index contributed by atoms with van der Waals surface area (Å²) in [5.74, 6) is 1.01. The Hall–Kier alpha value is -0.880. The maximum atomic E-state index is 11.3. The van der Waals surface area contributed by atoms with Crippen molar-refractivity contribution < 1.29 is 8.42 Å². The molecule has 88 valence electrons. The van der Waals surface area contributed by atoms with Crippen LogP contribution in [0, 0.1) is 6.92 Å². The van der Waals surface area contributed by atoms with E-state index in [9.17, 15) is 8.42 Å². The first kappa shape index (κ1) is 11.6. The van der Waals surface area contributed by atoms with Crippen molar-refractivity contribution in [3.8, 4) is 0 Å². The molecule has 0 spiro atoms. The van der Waals surface area contributed by atoms with Gasteiger partial charge in [0.15, 0.2) is 9.84 Å². The van der Waals surface area contributed by atoms with Gasteiger partial charge in [0.25, 0.3) is 0 Å². The average Bonchev–Trinajstić information content (AvgIpc) is 2.53. The van der Waals surface area contributed by atoms with Crippen molar-refractivity contribution in [1.82, 2.24) is 9.97 Å². The van der Waals surface area contributed by atoms with Crippen molar-refractivity contribution >= 4 is 27.3 Å². The summed E-state index contributed by atoms with van der Waals surface area (Å²) in [5.41, 5.74) is 0.744. The molecule has 1 unspecified atom stereocenters. The van der Waals surface area contributed by atoms with Gasteiger partial charge >= 0.3 is 0 Å². The molecule has 7 heteroatoms. The van der Waals surface area contributed by atoms with Crippen LogP contribution in [0.1, 0.15) is 12.0 Å². The molecule has 2 rings (SSSR count). The number of nitrogens with zero attached hydrogens (tertiary/aromatic N) is 2. The van der Waals surface area contributed by atoms with Crippen LogP contribution in [0.15, 0.2) is 6.33 Å². The fourth-order valence-corrected chi connectivity index (χ4v) is 3.48. The van der Waals surface area contributed by atoms with E-state index in [4.69, 9.17) is 11.6 Å². The van der Waals surface area contributed by atoms with E-state index in [0.717, 1.165) is 5.56 Å². The fraction of sp³-hybridized carbons (Fsp3) is 0.556. The van der Waals surface area contributed by atoms with Gasteiger partial charge in [0.2, 0.25) is 0 Å². The molecule has 1 aromatic rings. The summed E-state index contributed by atoms with van der Waals surface area (Å²) in [6.07, 6.45) is 1.98. The van der Waals surface area contributed by atoms with Gasteiger partial charge in [0.05, 0.1) is 11.5 Å². The van der Waals surface area contributed by atoms with Gasteiger partial charge < -0.3 is 5.32 Å². The van der Waals surface area contributed by atoms with Gasteiger partial charge in [-0.05, 0) is 13.3 Å². The molecule has 1 atom stereocenters. The maximum absolute atomic E-state index is 11.3. The van der Waals surface area contributed by atoms with E-state index in [-0.39, 0.29) is 17.5 Å². The van der Waals surface area contributed by atoms with Gasteiger partial charge in [0, 0.05) is 11.6 Å². The van der Waals surface area contributed by atoms with Gasteiger partial charge in [-0.2, -0.15) is 0 Å². The monoisotopic (exact) mass is 261 g/mol. The lowest BCUT2D eigenvalue weighted by atomic mass is 10.2. The largest absolute Gasteiger partial charge is 0.366 e. The number of sulfone groups is 1. The molecular formula is C9H12ClN3O2S. The van der Waals surface area contributed by atoms with Crippen LogP contribution in [-0.2, 0) is 9.84 Å². The molecule has 1 fully saturated rings. The van der Waals surface area contributed by atoms with Crippen LogP contribution >= 0.6 is 11.6 Å². The summed E-state index contributed by atoms with van der Waals surface area (Å²) in [6, 6.07) is -0.0744. The molecule has 1 aliphatic heterocycles. The van der Waals surface area contributed by atoms with Crippen molar-refractivity contribution in [3.63, 3.8) is 0 Å². The molecule has 0 bridgehead atoms. The van der Waals surface area contributed by atoms with E-state index in [2.05, 4.69) is 15.3 Å². The molecule has 5 nitrogen and oxygen atoms in total. The van der Waals surface area contributed by atoms with Gasteiger partial charge in [-0.25, -0.2) is 18.4 Å². The van der Waals surface area contributed by atoms with E-state index in [1.54, 1.807) is 6.92 Å². The predicted molar refractivity (Wildman–Crippen MR) is 62.5 cm³/mol. The summed E-state index contributed by atoms with van der Waals surface area (Å²) >= 11 is 5.85. The number of nitrogens with one attached hydrogen (secondary N) is 1. The quantitative estimate of drug-likeness (QED) is 0.806. The molecule has 0 saturated carbocycles. The van der Waals surface area contributed by atoms with Gasteiger partial charge in [-0.15, -0.1) is 0 Å². The highest BCUT2D eigenvalue weighted by Crippen LogP contribution is 2.21. The van der Waals surface area contributed by atoms with Gasteiger partial charge in [0.1, 0.15) is 17.3 Å². The van der Waals surface area contributed by atoms with Gasteiger partial charge in [-0.1, -0.05) is 11.6 Å². The van der Waals surface area contributed by atoms with Crippen LogP contribution < -0.4 is 5.32 Å². The molecule has 1 saturated heterocycles. The lowest BCUT2D eigenvalue weighted by Crippen LogP contribution is -2.22. The van der Waals surface area contributed by atoms with Crippen LogP contribution in [0.3, 0.4) is 0 Å². The Balaban J connectivity index is 2.14. The lowest BCUT2D eigenvalue weighted by Gasteiger charge is -2.13. The Morgan fingerprint density at radius 2 is 2.25 bits per heavy atom. The molecule has 0 aliphatic carbocycles. The summed E-state index contributed by atoms with van der Waals surface area (Å²) in [4.78, 5) is 7.89. The van der Waals surface area contributed by atoms with E-state index in [1.807, 2.05) is 0 Å². The molecule has 16 heavy (non-hydrogen) atoms. The average molecular weight is 262 g/mol. The lowest BCUT2D eigenvalue weighted by molar-refractivity contribution is 0.602. The fourth-order valence-electron chi connectivity index (χ4n) is 1.68. The van der Waals surface area contributed by atoms with E-state index >= 15 is 0 Å². The minimum atomic E-state index is -2.88. The van der Waals surface area contributed by atoms with Crippen LogP contribution in [-0.4, -0.2) is 35.9 Å². The van der Waals surface area contributed by atoms with Crippen LogP contribution in [0.5, 0.6) is 0 Å². The molecular weight excluding hydrogens is 250 g/mol. The number of aromatic nitrogens is 2. The van der Waals surface area contributed by atoms with Crippen LogP contribution in [0.4, 0.5) is 5.82 Å². The third-order valence-corrected chi connectivity index (χ3v) is 4.74. The normalized spacial score (nSPS) is 23.2. The van der Waals surface area contributed by atoms with E-state index < -0.39 is 9.84 Å². The molecule has 0 aromatic carbocycles. The molecule has 1 aromatic heterocycles. The predicted octanol–water partition coefficient (Wildman–Crippen LogP) is 1.04. The van der Waals surface area contributed by atoms with Crippen LogP contribution in [0.2, 0.25) is 5.15 Å². The topological polar surface area (TPSA) is 72.0 Å². The van der Waals surface area contributed by atoms with Crippen molar-refractivity contribution in [2.75, 3.05) is 16.8 Å². The SMILES string of the molecule is Cc1c(Cl)ncnc1NC1CCS(=O)(=O)C1. The highest BCUT2D eigenvalue weighted by atomic mass is 35.5. The van der Waals surface area contributed by atoms with Crippen molar-refractivity contribution in [1.29, 1.82) is 0 Å². The zero-order valence-corrected chi connectivity index (χ0v) is 10.3. The summed E-state index contributed by atoms with van der Waals surface area (Å²) < 4.78 is 22.6. The van der Waals surface area contributed by atoms with Crippen LogP contribution in [0.25, 0.3) is 0 Å². The Kier molecular flexibility index (Phi) is 3.03. The third-order valence-electron chi connectivity index (χ3n) is 2.60. The molecule has 2 heterocycles. The maximum Gasteiger partial charge on any atom is 0.152 e. The molecule has 0 radical (unpaired) electrons. The highest BCUT2D eigenvalue weighted by Gasteiger charge is 2.28. The van der Waals surface area contributed by atoms with Gasteiger partial charge in [-0.3, -0.25) is 0 Å². The van der Waals surface area contributed by atoms with Crippen molar-refractivity contribution in [2.45, 2.75) is 19.4 Å². The minimum absolute atomic E-state index is 0.0744. The van der Waals surface area contributed by atoms with Crippen molar-refractivity contribution in [2.24, 2.45) is 0 Å². The second-order valence-corrected chi connectivity index (χ2v) is 6.47. The van der Waals surface area contributed by atoms with Crippen molar-refractivity contribution in [3.05, 3.63) is 17.0 Å².